The van der Waals surface area contributed by atoms with Gasteiger partial charge in [0.25, 0.3) is 0 Å². The summed E-state index contributed by atoms with van der Waals surface area (Å²) in [5.41, 5.74) is 7.35. The molecule has 1 amide bonds. The van der Waals surface area contributed by atoms with E-state index in [2.05, 4.69) is 0 Å². The van der Waals surface area contributed by atoms with E-state index in [4.69, 9.17) is 5.73 Å². The zero-order chi connectivity index (χ0) is 19.7. The summed E-state index contributed by atoms with van der Waals surface area (Å²) in [7, 11) is 0. The fourth-order valence-corrected chi connectivity index (χ4v) is 3.21. The predicted molar refractivity (Wildman–Crippen MR) is 99.7 cm³/mol. The monoisotopic (exact) mass is 372 g/mol. The van der Waals surface area contributed by atoms with Crippen molar-refractivity contribution < 1.29 is 18.7 Å². The minimum absolute atomic E-state index is 0.0619. The summed E-state index contributed by atoms with van der Waals surface area (Å²) in [5.74, 6) is -1.39. The molecular weight excluding hydrogens is 350 g/mol. The number of carbonyl (C=O) groups excluding carboxylic acids is 1. The average molecular weight is 372 g/mol. The molecule has 3 rings (SSSR count). The third kappa shape index (κ3) is 3.85. The van der Waals surface area contributed by atoms with Crippen molar-refractivity contribution in [3.63, 3.8) is 0 Å². The molecular formula is C21H22F2N2O2. The van der Waals surface area contributed by atoms with Gasteiger partial charge in [0.1, 0.15) is 17.4 Å². The Morgan fingerprint density at radius 2 is 1.96 bits per heavy atom. The summed E-state index contributed by atoms with van der Waals surface area (Å²) >= 11 is 0. The van der Waals surface area contributed by atoms with Gasteiger partial charge in [0.2, 0.25) is 5.91 Å². The Bertz CT molecular complexity index is 896. The highest BCUT2D eigenvalue weighted by Gasteiger charge is 2.35. The maximum atomic E-state index is 14.3. The van der Waals surface area contributed by atoms with Crippen LogP contribution in [0.5, 0.6) is 5.75 Å². The van der Waals surface area contributed by atoms with E-state index in [9.17, 15) is 18.7 Å². The minimum atomic E-state index is -0.713. The number of halogens is 2. The summed E-state index contributed by atoms with van der Waals surface area (Å²) in [6.45, 7) is 3.81. The molecule has 0 aromatic heterocycles. The SMILES string of the molecule is CC(C)[C@H](N)C(=O)N1CC(c2cc(F)ccc2F)=C[C@H]1c1cccc(O)c1. The highest BCUT2D eigenvalue weighted by molar-refractivity contribution is 5.87. The Kier molecular flexibility index (Phi) is 5.28. The molecule has 0 unspecified atom stereocenters. The molecule has 142 valence electrons. The van der Waals surface area contributed by atoms with Crippen LogP contribution in [0.3, 0.4) is 0 Å². The van der Waals surface area contributed by atoms with Gasteiger partial charge in [-0.25, -0.2) is 8.78 Å². The smallest absolute Gasteiger partial charge is 0.240 e. The van der Waals surface area contributed by atoms with Crippen molar-refractivity contribution in [2.75, 3.05) is 6.54 Å². The molecule has 3 N–H and O–H groups in total. The van der Waals surface area contributed by atoms with E-state index in [0.29, 0.717) is 11.1 Å². The first-order valence-electron chi connectivity index (χ1n) is 8.79. The summed E-state index contributed by atoms with van der Waals surface area (Å²) in [5, 5.41) is 9.80. The lowest BCUT2D eigenvalue weighted by Crippen LogP contribution is -2.46. The zero-order valence-corrected chi connectivity index (χ0v) is 15.2. The van der Waals surface area contributed by atoms with Gasteiger partial charge in [-0.2, -0.15) is 0 Å². The van der Waals surface area contributed by atoms with Crippen molar-refractivity contribution in [1.82, 2.24) is 4.90 Å². The van der Waals surface area contributed by atoms with Gasteiger partial charge in [0.15, 0.2) is 0 Å². The van der Waals surface area contributed by atoms with Crippen LogP contribution in [-0.2, 0) is 4.79 Å². The van der Waals surface area contributed by atoms with Gasteiger partial charge in [-0.15, -0.1) is 0 Å². The number of carbonyl (C=O) groups is 1. The number of hydrogen-bond acceptors (Lipinski definition) is 3. The molecule has 1 aliphatic heterocycles. The largest absolute Gasteiger partial charge is 0.508 e. The van der Waals surface area contributed by atoms with Crippen LogP contribution in [0.15, 0.2) is 48.5 Å². The maximum absolute atomic E-state index is 14.3. The summed E-state index contributed by atoms with van der Waals surface area (Å²) < 4.78 is 27.9. The van der Waals surface area contributed by atoms with Crippen LogP contribution in [0.2, 0.25) is 0 Å². The fourth-order valence-electron chi connectivity index (χ4n) is 3.21. The zero-order valence-electron chi connectivity index (χ0n) is 15.2. The van der Waals surface area contributed by atoms with E-state index in [1.807, 2.05) is 13.8 Å². The van der Waals surface area contributed by atoms with Crippen molar-refractivity contribution >= 4 is 11.5 Å². The van der Waals surface area contributed by atoms with E-state index in [1.165, 1.54) is 6.07 Å². The molecule has 6 heteroatoms. The third-order valence-electron chi connectivity index (χ3n) is 4.81. The summed E-state index contributed by atoms with van der Waals surface area (Å²) in [6, 6.07) is 8.53. The molecule has 0 fully saturated rings. The quantitative estimate of drug-likeness (QED) is 0.861. The number of amides is 1. The standard InChI is InChI=1S/C21H22F2N2O2/c1-12(2)20(24)21(27)25-11-14(17-10-15(22)6-7-18(17)23)9-19(25)13-4-3-5-16(26)8-13/h3-10,12,19-20,26H,11,24H2,1-2H3/t19-,20-/m0/s1. The normalized spacial score (nSPS) is 17.9. The Morgan fingerprint density at radius 3 is 2.63 bits per heavy atom. The highest BCUT2D eigenvalue weighted by atomic mass is 19.1. The molecule has 0 aliphatic carbocycles. The summed E-state index contributed by atoms with van der Waals surface area (Å²) in [4.78, 5) is 14.5. The van der Waals surface area contributed by atoms with Crippen molar-refractivity contribution in [2.24, 2.45) is 11.7 Å². The van der Waals surface area contributed by atoms with Crippen LogP contribution in [0.25, 0.3) is 5.57 Å². The van der Waals surface area contributed by atoms with Crippen molar-refractivity contribution in [2.45, 2.75) is 25.9 Å². The predicted octanol–water partition coefficient (Wildman–Crippen LogP) is 3.62. The molecule has 0 bridgehead atoms. The first kappa shape index (κ1) is 19.0. The van der Waals surface area contributed by atoms with Gasteiger partial charge in [0, 0.05) is 12.1 Å². The first-order chi connectivity index (χ1) is 12.8. The molecule has 2 atom stereocenters. The number of nitrogens with zero attached hydrogens (tertiary/aromatic N) is 1. The van der Waals surface area contributed by atoms with E-state index in [0.717, 1.165) is 18.2 Å². The van der Waals surface area contributed by atoms with Crippen LogP contribution >= 0.6 is 0 Å². The van der Waals surface area contributed by atoms with Gasteiger partial charge in [-0.1, -0.05) is 32.1 Å². The summed E-state index contributed by atoms with van der Waals surface area (Å²) in [6.07, 6.45) is 1.72. The van der Waals surface area contributed by atoms with Gasteiger partial charge in [-0.3, -0.25) is 4.79 Å². The molecule has 0 radical (unpaired) electrons. The van der Waals surface area contributed by atoms with Gasteiger partial charge < -0.3 is 15.7 Å². The van der Waals surface area contributed by atoms with Crippen molar-refractivity contribution in [3.8, 4) is 5.75 Å². The molecule has 1 aliphatic rings. The van der Waals surface area contributed by atoms with E-state index in [-0.39, 0.29) is 29.7 Å². The minimum Gasteiger partial charge on any atom is -0.508 e. The lowest BCUT2D eigenvalue weighted by atomic mass is 10.0. The maximum Gasteiger partial charge on any atom is 0.240 e. The molecule has 2 aromatic rings. The Labute approximate surface area is 156 Å². The number of benzene rings is 2. The molecule has 4 nitrogen and oxygen atoms in total. The number of nitrogens with two attached hydrogens (primary N) is 1. The van der Waals surface area contributed by atoms with Gasteiger partial charge >= 0.3 is 0 Å². The molecule has 0 saturated heterocycles. The molecule has 27 heavy (non-hydrogen) atoms. The highest BCUT2D eigenvalue weighted by Crippen LogP contribution is 2.37. The van der Waals surface area contributed by atoms with E-state index < -0.39 is 23.7 Å². The number of rotatable bonds is 4. The van der Waals surface area contributed by atoms with Gasteiger partial charge in [-0.05, 0) is 47.4 Å². The Balaban J connectivity index is 2.04. The Morgan fingerprint density at radius 1 is 1.22 bits per heavy atom. The molecule has 0 spiro atoms. The molecule has 0 saturated carbocycles. The second kappa shape index (κ2) is 7.48. The van der Waals surface area contributed by atoms with Crippen LogP contribution < -0.4 is 5.73 Å². The molecule has 1 heterocycles. The van der Waals surface area contributed by atoms with Crippen LogP contribution in [0.1, 0.15) is 31.0 Å². The second-order valence-corrected chi connectivity index (χ2v) is 7.09. The third-order valence-corrected chi connectivity index (χ3v) is 4.81. The van der Waals surface area contributed by atoms with E-state index in [1.54, 1.807) is 29.2 Å². The first-order valence-corrected chi connectivity index (χ1v) is 8.79. The number of phenolic OH excluding ortho intramolecular Hbond substituents is 1. The number of aromatic hydroxyl groups is 1. The second-order valence-electron chi connectivity index (χ2n) is 7.09. The average Bonchev–Trinajstić information content (AvgIpc) is 3.07. The lowest BCUT2D eigenvalue weighted by Gasteiger charge is -2.29. The van der Waals surface area contributed by atoms with Crippen molar-refractivity contribution in [3.05, 3.63) is 71.3 Å². The van der Waals surface area contributed by atoms with Crippen LogP contribution in [-0.4, -0.2) is 28.5 Å². The van der Waals surface area contributed by atoms with Crippen molar-refractivity contribution in [1.29, 1.82) is 0 Å². The number of hydrogen-bond donors (Lipinski definition) is 2. The Hall–Kier alpha value is -2.73. The van der Waals surface area contributed by atoms with E-state index >= 15 is 0 Å². The van der Waals surface area contributed by atoms with Crippen LogP contribution in [0, 0.1) is 17.6 Å². The van der Waals surface area contributed by atoms with Crippen LogP contribution in [0.4, 0.5) is 8.78 Å². The fraction of sp³-hybridized carbons (Fsp3) is 0.286. The topological polar surface area (TPSA) is 66.6 Å². The number of phenols is 1. The molecule has 2 aromatic carbocycles. The lowest BCUT2D eigenvalue weighted by molar-refractivity contribution is -0.134. The van der Waals surface area contributed by atoms with Gasteiger partial charge in [0.05, 0.1) is 12.1 Å².